The van der Waals surface area contributed by atoms with Crippen molar-refractivity contribution < 1.29 is 9.47 Å². The summed E-state index contributed by atoms with van der Waals surface area (Å²) in [6.45, 7) is 5.19. The molecule has 10 nitrogen and oxygen atoms in total. The van der Waals surface area contributed by atoms with Gasteiger partial charge in [0.1, 0.15) is 11.3 Å². The zero-order valence-electron chi connectivity index (χ0n) is 21.1. The molecule has 1 aromatic carbocycles. The van der Waals surface area contributed by atoms with E-state index in [4.69, 9.17) is 14.5 Å². The lowest BCUT2D eigenvalue weighted by atomic mass is 9.93. The fourth-order valence-corrected chi connectivity index (χ4v) is 5.32. The second-order valence-corrected chi connectivity index (χ2v) is 9.95. The zero-order chi connectivity index (χ0) is 24.5. The maximum atomic E-state index is 6.57. The monoisotopic (exact) mass is 490 g/mol. The lowest BCUT2D eigenvalue weighted by Gasteiger charge is -2.34. The minimum atomic E-state index is 0.150. The van der Waals surface area contributed by atoms with Crippen molar-refractivity contribution in [3.8, 4) is 5.75 Å². The highest BCUT2D eigenvalue weighted by atomic mass is 16.5. The molecule has 190 valence electrons. The number of hydrogen-bond acceptors (Lipinski definition) is 10. The summed E-state index contributed by atoms with van der Waals surface area (Å²) < 4.78 is 12.1. The zero-order valence-corrected chi connectivity index (χ0v) is 21.1. The third kappa shape index (κ3) is 4.69. The van der Waals surface area contributed by atoms with Crippen LogP contribution in [0.5, 0.6) is 5.75 Å². The molecular weight excluding hydrogens is 456 g/mol. The van der Waals surface area contributed by atoms with Crippen molar-refractivity contribution in [1.82, 2.24) is 19.9 Å². The Hall–Kier alpha value is -3.40. The number of hydrogen-bond donors (Lipinski definition) is 1. The molecule has 1 aliphatic carbocycles. The summed E-state index contributed by atoms with van der Waals surface area (Å²) >= 11 is 0. The Labute approximate surface area is 211 Å². The Morgan fingerprint density at radius 2 is 1.69 bits per heavy atom. The Bertz CT molecular complexity index is 1210. The third-order valence-corrected chi connectivity index (χ3v) is 7.49. The first-order chi connectivity index (χ1) is 17.6. The summed E-state index contributed by atoms with van der Waals surface area (Å²) in [7, 11) is 4.18. The van der Waals surface area contributed by atoms with Crippen LogP contribution in [0.1, 0.15) is 25.7 Å². The topological polar surface area (TPSA) is 91.8 Å². The van der Waals surface area contributed by atoms with E-state index in [1.807, 2.05) is 6.20 Å². The molecule has 10 heteroatoms. The Morgan fingerprint density at radius 3 is 2.53 bits per heavy atom. The average Bonchev–Trinajstić information content (AvgIpc) is 2.92. The number of anilines is 4. The maximum Gasteiger partial charge on any atom is 0.224 e. The summed E-state index contributed by atoms with van der Waals surface area (Å²) in [4.78, 5) is 25.3. The van der Waals surface area contributed by atoms with E-state index in [-0.39, 0.29) is 6.10 Å². The molecule has 3 aromatic rings. The van der Waals surface area contributed by atoms with Crippen molar-refractivity contribution in [3.63, 3.8) is 0 Å². The van der Waals surface area contributed by atoms with Crippen LogP contribution in [0.15, 0.2) is 30.7 Å². The molecule has 2 aromatic heterocycles. The number of nitrogens with zero attached hydrogens (tertiary/aromatic N) is 7. The minimum absolute atomic E-state index is 0.150. The summed E-state index contributed by atoms with van der Waals surface area (Å²) in [6, 6.07) is 4.57. The molecule has 2 fully saturated rings. The highest BCUT2D eigenvalue weighted by Gasteiger charge is 2.26. The molecule has 1 saturated heterocycles. The summed E-state index contributed by atoms with van der Waals surface area (Å²) in [6.07, 6.45) is 9.51. The lowest BCUT2D eigenvalue weighted by molar-refractivity contribution is 0.122. The highest BCUT2D eigenvalue weighted by Crippen LogP contribution is 2.34. The van der Waals surface area contributed by atoms with Crippen LogP contribution in [0.2, 0.25) is 0 Å². The molecule has 1 saturated carbocycles. The van der Waals surface area contributed by atoms with Gasteiger partial charge in [-0.15, -0.1) is 0 Å². The second-order valence-electron chi connectivity index (χ2n) is 9.95. The maximum absolute atomic E-state index is 6.57. The van der Waals surface area contributed by atoms with Crippen molar-refractivity contribution in [3.05, 3.63) is 30.7 Å². The molecule has 0 radical (unpaired) electrons. The summed E-state index contributed by atoms with van der Waals surface area (Å²) in [5.41, 5.74) is 3.90. The van der Waals surface area contributed by atoms with Crippen molar-refractivity contribution in [1.29, 1.82) is 0 Å². The van der Waals surface area contributed by atoms with Gasteiger partial charge in [0.25, 0.3) is 0 Å². The smallest absolute Gasteiger partial charge is 0.224 e. The van der Waals surface area contributed by atoms with Gasteiger partial charge >= 0.3 is 0 Å². The van der Waals surface area contributed by atoms with E-state index in [0.29, 0.717) is 12.0 Å². The second kappa shape index (κ2) is 9.93. The van der Waals surface area contributed by atoms with E-state index in [1.165, 1.54) is 0 Å². The normalized spacial score (nSPS) is 22.4. The molecule has 4 heterocycles. The SMILES string of the molecule is CN1CCN(C)c2nc(N[C@H]3CC[C@@H](Oc4cc(N5CCOCC5)cc5nccnc45)CC3)ncc21. The molecule has 0 amide bonds. The average molecular weight is 491 g/mol. The van der Waals surface area contributed by atoms with Crippen molar-refractivity contribution in [2.24, 2.45) is 0 Å². The first kappa shape index (κ1) is 23.0. The third-order valence-electron chi connectivity index (χ3n) is 7.49. The van der Waals surface area contributed by atoms with Crippen LogP contribution in [-0.2, 0) is 4.74 Å². The van der Waals surface area contributed by atoms with E-state index >= 15 is 0 Å². The standard InChI is InChI=1S/C26H34N8O2/c1-32-9-10-33(2)25-22(32)17-29-26(31-25)30-18-3-5-20(6-4-18)36-23-16-19(34-11-13-35-14-12-34)15-21-24(23)28-8-7-27-21/h7-8,15-18,20H,3-6,9-14H2,1-2H3,(H,29,30,31)/t18-,20+. The number of rotatable bonds is 5. The lowest BCUT2D eigenvalue weighted by Crippen LogP contribution is -2.38. The summed E-state index contributed by atoms with van der Waals surface area (Å²) in [5, 5.41) is 3.57. The number of nitrogens with one attached hydrogen (secondary N) is 1. The minimum Gasteiger partial charge on any atom is -0.488 e. The van der Waals surface area contributed by atoms with Crippen LogP contribution in [-0.4, -0.2) is 85.6 Å². The molecular formula is C26H34N8O2. The van der Waals surface area contributed by atoms with Crippen LogP contribution in [0.25, 0.3) is 11.0 Å². The Morgan fingerprint density at radius 1 is 0.917 bits per heavy atom. The molecule has 2 aliphatic heterocycles. The van der Waals surface area contributed by atoms with E-state index in [0.717, 1.165) is 99.1 Å². The summed E-state index contributed by atoms with van der Waals surface area (Å²) in [5.74, 6) is 2.52. The van der Waals surface area contributed by atoms with Crippen molar-refractivity contribution in [2.45, 2.75) is 37.8 Å². The number of ether oxygens (including phenoxy) is 2. The van der Waals surface area contributed by atoms with Crippen LogP contribution in [0.4, 0.5) is 23.1 Å². The van der Waals surface area contributed by atoms with Gasteiger partial charge in [-0.05, 0) is 31.7 Å². The van der Waals surface area contributed by atoms with Gasteiger partial charge in [0, 0.05) is 70.5 Å². The first-order valence-electron chi connectivity index (χ1n) is 12.9. The molecule has 3 aliphatic rings. The number of aromatic nitrogens is 4. The number of likely N-dealkylation sites (N-methyl/N-ethyl adjacent to an activating group) is 2. The molecule has 0 bridgehead atoms. The Balaban J connectivity index is 1.12. The van der Waals surface area contributed by atoms with Gasteiger partial charge in [-0.1, -0.05) is 0 Å². The van der Waals surface area contributed by atoms with Gasteiger partial charge in [0.2, 0.25) is 5.95 Å². The fraction of sp³-hybridized carbons (Fsp3) is 0.538. The predicted octanol–water partition coefficient (Wildman–Crippen LogP) is 2.94. The fourth-order valence-electron chi connectivity index (χ4n) is 5.32. The van der Waals surface area contributed by atoms with Crippen LogP contribution < -0.4 is 24.8 Å². The van der Waals surface area contributed by atoms with Gasteiger partial charge in [-0.2, -0.15) is 4.98 Å². The number of fused-ring (bicyclic) bond motifs is 2. The van der Waals surface area contributed by atoms with Crippen molar-refractivity contribution >= 4 is 34.2 Å². The number of morpholine rings is 1. The van der Waals surface area contributed by atoms with E-state index in [1.54, 1.807) is 12.4 Å². The van der Waals surface area contributed by atoms with Crippen molar-refractivity contribution in [2.75, 3.05) is 73.5 Å². The van der Waals surface area contributed by atoms with E-state index < -0.39 is 0 Å². The quantitative estimate of drug-likeness (QED) is 0.575. The van der Waals surface area contributed by atoms with Gasteiger partial charge < -0.3 is 29.5 Å². The molecule has 0 atom stereocenters. The van der Waals surface area contributed by atoms with Crippen LogP contribution in [0, 0.1) is 0 Å². The predicted molar refractivity (Wildman–Crippen MR) is 141 cm³/mol. The van der Waals surface area contributed by atoms with E-state index in [9.17, 15) is 0 Å². The van der Waals surface area contributed by atoms with Gasteiger partial charge in [0.15, 0.2) is 5.82 Å². The van der Waals surface area contributed by atoms with Gasteiger partial charge in [0.05, 0.1) is 36.7 Å². The van der Waals surface area contributed by atoms with Crippen LogP contribution >= 0.6 is 0 Å². The molecule has 0 spiro atoms. The molecule has 6 rings (SSSR count). The van der Waals surface area contributed by atoms with Crippen LogP contribution in [0.3, 0.4) is 0 Å². The van der Waals surface area contributed by atoms with Gasteiger partial charge in [-0.3, -0.25) is 4.98 Å². The Kier molecular flexibility index (Phi) is 6.35. The molecule has 36 heavy (non-hydrogen) atoms. The van der Waals surface area contributed by atoms with Gasteiger partial charge in [-0.25, -0.2) is 9.97 Å². The number of benzene rings is 1. The highest BCUT2D eigenvalue weighted by molar-refractivity contribution is 5.85. The first-order valence-corrected chi connectivity index (χ1v) is 12.9. The molecule has 0 unspecified atom stereocenters. The largest absolute Gasteiger partial charge is 0.488 e. The van der Waals surface area contributed by atoms with E-state index in [2.05, 4.69) is 61.2 Å². The molecule has 1 N–H and O–H groups in total.